The predicted molar refractivity (Wildman–Crippen MR) is 81.8 cm³/mol. The summed E-state index contributed by atoms with van der Waals surface area (Å²) in [5.74, 6) is -0.365. The van der Waals surface area contributed by atoms with Crippen molar-refractivity contribution in [2.75, 3.05) is 5.73 Å². The molecule has 2 N–H and O–H groups in total. The Labute approximate surface area is 128 Å². The zero-order chi connectivity index (χ0) is 13.8. The van der Waals surface area contributed by atoms with Crippen molar-refractivity contribution in [3.05, 3.63) is 62.5 Å². The van der Waals surface area contributed by atoms with Gasteiger partial charge in [-0.25, -0.2) is 4.79 Å². The van der Waals surface area contributed by atoms with Gasteiger partial charge in [-0.3, -0.25) is 0 Å². The topological polar surface area (TPSA) is 52.3 Å². The second-order valence-corrected chi connectivity index (χ2v) is 5.67. The molecule has 0 heterocycles. The van der Waals surface area contributed by atoms with E-state index < -0.39 is 0 Å². The highest BCUT2D eigenvalue weighted by atomic mass is 79.9. The molecule has 2 aromatic rings. The number of nitrogens with two attached hydrogens (primary N) is 1. The number of hydrogen-bond donors (Lipinski definition) is 1. The van der Waals surface area contributed by atoms with Gasteiger partial charge in [0.05, 0.1) is 11.3 Å². The van der Waals surface area contributed by atoms with E-state index in [1.165, 1.54) is 0 Å². The average molecular weight is 385 g/mol. The summed E-state index contributed by atoms with van der Waals surface area (Å²) in [4.78, 5) is 11.8. The van der Waals surface area contributed by atoms with Crippen molar-refractivity contribution < 1.29 is 9.53 Å². The predicted octanol–water partition coefficient (Wildman–Crippen LogP) is 4.15. The molecule has 19 heavy (non-hydrogen) atoms. The number of anilines is 1. The largest absolute Gasteiger partial charge is 0.457 e. The molecule has 0 saturated heterocycles. The Hall–Kier alpha value is -1.33. The fourth-order valence-electron chi connectivity index (χ4n) is 1.56. The summed E-state index contributed by atoms with van der Waals surface area (Å²) in [5, 5.41) is 0. The first-order chi connectivity index (χ1) is 9.08. The van der Waals surface area contributed by atoms with Crippen LogP contribution in [0.4, 0.5) is 5.69 Å². The Morgan fingerprint density at radius 3 is 2.53 bits per heavy atom. The van der Waals surface area contributed by atoms with Crippen molar-refractivity contribution in [1.82, 2.24) is 0 Å². The molecule has 0 spiro atoms. The minimum Gasteiger partial charge on any atom is -0.457 e. The van der Waals surface area contributed by atoms with Gasteiger partial charge in [-0.1, -0.05) is 34.1 Å². The minimum atomic E-state index is -0.365. The Bertz CT molecular complexity index is 600. The van der Waals surface area contributed by atoms with E-state index in [-0.39, 0.29) is 12.6 Å². The second-order valence-electron chi connectivity index (χ2n) is 3.90. The van der Waals surface area contributed by atoms with Crippen LogP contribution < -0.4 is 5.73 Å². The van der Waals surface area contributed by atoms with Crippen LogP contribution in [0, 0.1) is 0 Å². The number of nitrogen functional groups attached to an aromatic ring is 1. The van der Waals surface area contributed by atoms with Crippen molar-refractivity contribution in [2.24, 2.45) is 0 Å². The molecular weight excluding hydrogens is 374 g/mol. The van der Waals surface area contributed by atoms with Crippen LogP contribution in [0.3, 0.4) is 0 Å². The van der Waals surface area contributed by atoms with E-state index in [0.29, 0.717) is 11.3 Å². The summed E-state index contributed by atoms with van der Waals surface area (Å²) in [6, 6.07) is 12.5. The van der Waals surface area contributed by atoms with Crippen LogP contribution in [0.15, 0.2) is 51.4 Å². The Morgan fingerprint density at radius 1 is 1.16 bits per heavy atom. The molecule has 98 valence electrons. The number of hydrogen-bond acceptors (Lipinski definition) is 3. The van der Waals surface area contributed by atoms with E-state index >= 15 is 0 Å². The monoisotopic (exact) mass is 383 g/mol. The number of halogens is 2. The number of carbonyl (C=O) groups excluding carboxylic acids is 1. The van der Waals surface area contributed by atoms with Gasteiger partial charge in [-0.05, 0) is 40.2 Å². The zero-order valence-electron chi connectivity index (χ0n) is 9.90. The van der Waals surface area contributed by atoms with Crippen molar-refractivity contribution in [3.8, 4) is 0 Å². The molecular formula is C14H11Br2NO2. The normalized spacial score (nSPS) is 10.2. The third-order valence-electron chi connectivity index (χ3n) is 2.55. The lowest BCUT2D eigenvalue weighted by molar-refractivity contribution is 0.0473. The van der Waals surface area contributed by atoms with E-state index in [1.54, 1.807) is 24.3 Å². The quantitative estimate of drug-likeness (QED) is 0.638. The molecule has 0 radical (unpaired) electrons. The SMILES string of the molecule is Nc1c(Br)cc(Br)cc1COC(=O)c1ccccc1. The van der Waals surface area contributed by atoms with Crippen LogP contribution in [0.25, 0.3) is 0 Å². The van der Waals surface area contributed by atoms with Crippen LogP contribution in [-0.4, -0.2) is 5.97 Å². The molecule has 0 aliphatic carbocycles. The van der Waals surface area contributed by atoms with E-state index in [1.807, 2.05) is 18.2 Å². The summed E-state index contributed by atoms with van der Waals surface area (Å²) in [7, 11) is 0. The Kier molecular flexibility index (Phi) is 4.61. The molecule has 0 aromatic heterocycles. The van der Waals surface area contributed by atoms with Crippen molar-refractivity contribution >= 4 is 43.5 Å². The molecule has 0 amide bonds. The van der Waals surface area contributed by atoms with Gasteiger partial charge in [0.15, 0.2) is 0 Å². The number of carbonyl (C=O) groups is 1. The van der Waals surface area contributed by atoms with Crippen LogP contribution in [0.2, 0.25) is 0 Å². The molecule has 0 aliphatic heterocycles. The van der Waals surface area contributed by atoms with Crippen LogP contribution in [-0.2, 0) is 11.3 Å². The lowest BCUT2D eigenvalue weighted by atomic mass is 10.2. The van der Waals surface area contributed by atoms with Crippen LogP contribution in [0.5, 0.6) is 0 Å². The first-order valence-corrected chi connectivity index (χ1v) is 7.12. The summed E-state index contributed by atoms with van der Waals surface area (Å²) < 4.78 is 6.89. The molecule has 0 atom stereocenters. The molecule has 0 fully saturated rings. The zero-order valence-corrected chi connectivity index (χ0v) is 13.1. The summed E-state index contributed by atoms with van der Waals surface area (Å²) >= 11 is 6.73. The van der Waals surface area contributed by atoms with Gasteiger partial charge in [0.1, 0.15) is 6.61 Å². The third-order valence-corrected chi connectivity index (χ3v) is 3.66. The smallest absolute Gasteiger partial charge is 0.338 e. The first-order valence-electron chi connectivity index (χ1n) is 5.53. The molecule has 0 saturated carbocycles. The molecule has 0 bridgehead atoms. The summed E-state index contributed by atoms with van der Waals surface area (Å²) in [5.41, 5.74) is 7.77. The van der Waals surface area contributed by atoms with E-state index in [0.717, 1.165) is 14.5 Å². The Morgan fingerprint density at radius 2 is 1.84 bits per heavy atom. The summed E-state index contributed by atoms with van der Waals surface area (Å²) in [6.45, 7) is 0.137. The number of ether oxygens (including phenoxy) is 1. The number of rotatable bonds is 3. The van der Waals surface area contributed by atoms with E-state index in [4.69, 9.17) is 10.5 Å². The maximum Gasteiger partial charge on any atom is 0.338 e. The van der Waals surface area contributed by atoms with Gasteiger partial charge in [0.2, 0.25) is 0 Å². The lowest BCUT2D eigenvalue weighted by Gasteiger charge is -2.09. The van der Waals surface area contributed by atoms with Gasteiger partial charge in [0, 0.05) is 14.5 Å². The van der Waals surface area contributed by atoms with Crippen molar-refractivity contribution in [3.63, 3.8) is 0 Å². The van der Waals surface area contributed by atoms with Crippen LogP contribution in [0.1, 0.15) is 15.9 Å². The molecule has 0 aliphatic rings. The first kappa shape index (κ1) is 14.1. The maximum absolute atomic E-state index is 11.8. The van der Waals surface area contributed by atoms with Crippen LogP contribution >= 0.6 is 31.9 Å². The average Bonchev–Trinajstić information content (AvgIpc) is 2.41. The fourth-order valence-corrected chi connectivity index (χ4v) is 2.87. The lowest BCUT2D eigenvalue weighted by Crippen LogP contribution is -2.06. The molecule has 2 rings (SSSR count). The Balaban J connectivity index is 2.09. The molecule has 5 heteroatoms. The standard InChI is InChI=1S/C14H11Br2NO2/c15-11-6-10(13(17)12(16)7-11)8-19-14(18)9-4-2-1-3-5-9/h1-7H,8,17H2. The minimum absolute atomic E-state index is 0.137. The molecule has 2 aromatic carbocycles. The number of benzene rings is 2. The van der Waals surface area contributed by atoms with E-state index in [9.17, 15) is 4.79 Å². The highest BCUT2D eigenvalue weighted by molar-refractivity contribution is 9.11. The highest BCUT2D eigenvalue weighted by Crippen LogP contribution is 2.28. The molecule has 3 nitrogen and oxygen atoms in total. The number of esters is 1. The van der Waals surface area contributed by atoms with Gasteiger partial charge < -0.3 is 10.5 Å². The fraction of sp³-hybridized carbons (Fsp3) is 0.0714. The van der Waals surface area contributed by atoms with Crippen molar-refractivity contribution in [2.45, 2.75) is 6.61 Å². The third kappa shape index (κ3) is 3.58. The van der Waals surface area contributed by atoms with Gasteiger partial charge >= 0.3 is 5.97 Å². The highest BCUT2D eigenvalue weighted by Gasteiger charge is 2.10. The van der Waals surface area contributed by atoms with Gasteiger partial charge in [-0.15, -0.1) is 0 Å². The van der Waals surface area contributed by atoms with Gasteiger partial charge in [-0.2, -0.15) is 0 Å². The molecule has 0 unspecified atom stereocenters. The second kappa shape index (κ2) is 6.21. The maximum atomic E-state index is 11.8. The van der Waals surface area contributed by atoms with E-state index in [2.05, 4.69) is 31.9 Å². The van der Waals surface area contributed by atoms with Crippen molar-refractivity contribution in [1.29, 1.82) is 0 Å². The van der Waals surface area contributed by atoms with Gasteiger partial charge in [0.25, 0.3) is 0 Å². The summed E-state index contributed by atoms with van der Waals surface area (Å²) in [6.07, 6.45) is 0.